The van der Waals surface area contributed by atoms with E-state index in [-0.39, 0.29) is 0 Å². The maximum absolute atomic E-state index is 6.25. The molecule has 0 bridgehead atoms. The van der Waals surface area contributed by atoms with Crippen LogP contribution in [-0.2, 0) is 4.74 Å². The molecule has 0 aromatic carbocycles. The molecule has 1 heterocycles. The van der Waals surface area contributed by atoms with Crippen LogP contribution in [0.1, 0.15) is 57.8 Å². The van der Waals surface area contributed by atoms with Crippen molar-refractivity contribution >= 4 is 0 Å². The molecule has 2 atom stereocenters. The van der Waals surface area contributed by atoms with E-state index in [0.717, 1.165) is 12.5 Å². The maximum Gasteiger partial charge on any atom is 0.0726 e. The molecule has 2 unspecified atom stereocenters. The van der Waals surface area contributed by atoms with Gasteiger partial charge in [0.1, 0.15) is 0 Å². The summed E-state index contributed by atoms with van der Waals surface area (Å²) in [5.74, 6) is 0.888. The first-order chi connectivity index (χ1) is 7.36. The quantitative estimate of drug-likeness (QED) is 0.779. The van der Waals surface area contributed by atoms with Gasteiger partial charge in [0, 0.05) is 12.6 Å². The van der Waals surface area contributed by atoms with Crippen molar-refractivity contribution in [3.63, 3.8) is 0 Å². The number of ether oxygens (including phenoxy) is 1. The van der Waals surface area contributed by atoms with Crippen molar-refractivity contribution in [2.75, 3.05) is 6.61 Å². The minimum absolute atomic E-state index is 0.299. The van der Waals surface area contributed by atoms with E-state index in [1.54, 1.807) is 0 Å². The zero-order valence-electron chi connectivity index (χ0n) is 9.79. The van der Waals surface area contributed by atoms with E-state index in [4.69, 9.17) is 10.5 Å². The van der Waals surface area contributed by atoms with Gasteiger partial charge in [0.2, 0.25) is 0 Å². The molecule has 0 radical (unpaired) electrons. The fourth-order valence-corrected chi connectivity index (χ4v) is 3.06. The minimum Gasteiger partial charge on any atom is -0.377 e. The molecular weight excluding hydrogens is 186 g/mol. The van der Waals surface area contributed by atoms with Crippen molar-refractivity contribution in [2.24, 2.45) is 11.7 Å². The Balaban J connectivity index is 1.72. The first kappa shape index (κ1) is 11.4. The summed E-state index contributed by atoms with van der Waals surface area (Å²) in [4.78, 5) is 0. The van der Waals surface area contributed by atoms with Crippen molar-refractivity contribution in [3.05, 3.63) is 0 Å². The summed E-state index contributed by atoms with van der Waals surface area (Å²) < 4.78 is 5.76. The zero-order chi connectivity index (χ0) is 10.5. The van der Waals surface area contributed by atoms with Gasteiger partial charge in [-0.15, -0.1) is 0 Å². The average molecular weight is 211 g/mol. The van der Waals surface area contributed by atoms with Crippen LogP contribution in [0, 0.1) is 5.92 Å². The zero-order valence-corrected chi connectivity index (χ0v) is 9.79. The van der Waals surface area contributed by atoms with E-state index in [2.05, 4.69) is 0 Å². The molecule has 0 amide bonds. The predicted octanol–water partition coefficient (Wildman–Crippen LogP) is 2.85. The lowest BCUT2D eigenvalue weighted by atomic mass is 9.83. The Morgan fingerprint density at radius 3 is 2.40 bits per heavy atom. The second kappa shape index (κ2) is 5.86. The minimum atomic E-state index is 0.299. The van der Waals surface area contributed by atoms with E-state index in [0.29, 0.717) is 12.1 Å². The molecule has 1 aliphatic heterocycles. The topological polar surface area (TPSA) is 35.2 Å². The Morgan fingerprint density at radius 2 is 1.73 bits per heavy atom. The van der Waals surface area contributed by atoms with Crippen molar-refractivity contribution < 1.29 is 4.74 Å². The van der Waals surface area contributed by atoms with Gasteiger partial charge in [0.15, 0.2) is 0 Å². The molecule has 0 aromatic rings. The average Bonchev–Trinajstić information content (AvgIpc) is 2.31. The summed E-state index contributed by atoms with van der Waals surface area (Å²) >= 11 is 0. The van der Waals surface area contributed by atoms with Crippen LogP contribution in [-0.4, -0.2) is 18.8 Å². The Labute approximate surface area is 93.6 Å². The van der Waals surface area contributed by atoms with Crippen molar-refractivity contribution in [3.8, 4) is 0 Å². The van der Waals surface area contributed by atoms with Gasteiger partial charge in [-0.25, -0.2) is 0 Å². The van der Waals surface area contributed by atoms with Gasteiger partial charge in [-0.2, -0.15) is 0 Å². The molecule has 0 spiro atoms. The highest BCUT2D eigenvalue weighted by Gasteiger charge is 2.24. The largest absolute Gasteiger partial charge is 0.377 e. The number of hydrogen-bond acceptors (Lipinski definition) is 2. The Hall–Kier alpha value is -0.0800. The molecule has 2 fully saturated rings. The molecule has 1 saturated heterocycles. The summed E-state index contributed by atoms with van der Waals surface area (Å²) in [5, 5.41) is 0. The second-order valence-corrected chi connectivity index (χ2v) is 5.31. The van der Waals surface area contributed by atoms with Gasteiger partial charge in [0.25, 0.3) is 0 Å². The summed E-state index contributed by atoms with van der Waals surface area (Å²) in [7, 11) is 0. The fourth-order valence-electron chi connectivity index (χ4n) is 3.06. The maximum atomic E-state index is 6.25. The molecule has 2 aliphatic rings. The summed E-state index contributed by atoms with van der Waals surface area (Å²) in [5.41, 5.74) is 6.25. The van der Waals surface area contributed by atoms with Crippen molar-refractivity contribution in [2.45, 2.75) is 69.9 Å². The van der Waals surface area contributed by atoms with Crippen LogP contribution < -0.4 is 5.73 Å². The smallest absolute Gasteiger partial charge is 0.0726 e. The van der Waals surface area contributed by atoms with E-state index in [9.17, 15) is 0 Å². The SMILES string of the molecule is NC(CC1CCCCC1)C1CCCCO1. The van der Waals surface area contributed by atoms with E-state index >= 15 is 0 Å². The highest BCUT2D eigenvalue weighted by Crippen LogP contribution is 2.29. The van der Waals surface area contributed by atoms with Gasteiger partial charge in [0.05, 0.1) is 6.10 Å². The summed E-state index contributed by atoms with van der Waals surface area (Å²) in [6.45, 7) is 0.934. The van der Waals surface area contributed by atoms with Gasteiger partial charge >= 0.3 is 0 Å². The van der Waals surface area contributed by atoms with Crippen LogP contribution in [0.5, 0.6) is 0 Å². The van der Waals surface area contributed by atoms with Gasteiger partial charge in [-0.1, -0.05) is 32.1 Å². The van der Waals surface area contributed by atoms with Crippen LogP contribution in [0.25, 0.3) is 0 Å². The van der Waals surface area contributed by atoms with E-state index < -0.39 is 0 Å². The molecule has 1 aliphatic carbocycles. The molecule has 15 heavy (non-hydrogen) atoms. The van der Waals surface area contributed by atoms with E-state index in [1.807, 2.05) is 0 Å². The second-order valence-electron chi connectivity index (χ2n) is 5.31. The Morgan fingerprint density at radius 1 is 1.00 bits per heavy atom. The van der Waals surface area contributed by atoms with Crippen molar-refractivity contribution in [1.82, 2.24) is 0 Å². The molecule has 2 N–H and O–H groups in total. The molecule has 2 nitrogen and oxygen atoms in total. The van der Waals surface area contributed by atoms with Crippen LogP contribution >= 0.6 is 0 Å². The van der Waals surface area contributed by atoms with E-state index in [1.165, 1.54) is 57.8 Å². The first-order valence-electron chi connectivity index (χ1n) is 6.73. The van der Waals surface area contributed by atoms with Crippen LogP contribution in [0.3, 0.4) is 0 Å². The number of hydrogen-bond donors (Lipinski definition) is 1. The molecule has 88 valence electrons. The molecule has 1 saturated carbocycles. The molecule has 0 aromatic heterocycles. The predicted molar refractivity (Wildman–Crippen MR) is 62.8 cm³/mol. The lowest BCUT2D eigenvalue weighted by Gasteiger charge is -2.31. The summed E-state index contributed by atoms with van der Waals surface area (Å²) in [6, 6.07) is 0.299. The van der Waals surface area contributed by atoms with Crippen LogP contribution in [0.15, 0.2) is 0 Å². The number of rotatable bonds is 3. The third-order valence-corrected chi connectivity index (χ3v) is 4.02. The Kier molecular flexibility index (Phi) is 4.45. The molecule has 2 rings (SSSR count). The van der Waals surface area contributed by atoms with Gasteiger partial charge in [-0.05, 0) is 31.6 Å². The van der Waals surface area contributed by atoms with Gasteiger partial charge in [-0.3, -0.25) is 0 Å². The highest BCUT2D eigenvalue weighted by atomic mass is 16.5. The summed E-state index contributed by atoms with van der Waals surface area (Å²) in [6.07, 6.45) is 12.4. The standard InChI is InChI=1S/C13H25NO/c14-12(13-8-4-5-9-15-13)10-11-6-2-1-3-7-11/h11-13H,1-10,14H2. The van der Waals surface area contributed by atoms with Gasteiger partial charge < -0.3 is 10.5 Å². The fraction of sp³-hybridized carbons (Fsp3) is 1.00. The molecular formula is C13H25NO. The molecule has 2 heteroatoms. The monoisotopic (exact) mass is 211 g/mol. The van der Waals surface area contributed by atoms with Crippen LogP contribution in [0.2, 0.25) is 0 Å². The first-order valence-corrected chi connectivity index (χ1v) is 6.73. The normalized spacial score (nSPS) is 31.4. The highest BCUT2D eigenvalue weighted by molar-refractivity contribution is 4.80. The third kappa shape index (κ3) is 3.46. The van der Waals surface area contributed by atoms with Crippen LogP contribution in [0.4, 0.5) is 0 Å². The van der Waals surface area contributed by atoms with Crippen molar-refractivity contribution in [1.29, 1.82) is 0 Å². The Bertz CT molecular complexity index is 171. The third-order valence-electron chi connectivity index (χ3n) is 4.02. The lowest BCUT2D eigenvalue weighted by Crippen LogP contribution is -2.40. The lowest BCUT2D eigenvalue weighted by molar-refractivity contribution is -0.00506. The number of nitrogens with two attached hydrogens (primary N) is 1.